The molecule has 1 rings (SSSR count). The predicted octanol–water partition coefficient (Wildman–Crippen LogP) is 4.77. The molecule has 0 fully saturated rings. The molecule has 1 aromatic rings. The van der Waals surface area contributed by atoms with Gasteiger partial charge in [0.2, 0.25) is 0 Å². The second-order valence-corrected chi connectivity index (χ2v) is 3.85. The van der Waals surface area contributed by atoms with Crippen LogP contribution in [0.2, 0.25) is 5.02 Å². The van der Waals surface area contributed by atoms with E-state index in [0.717, 1.165) is 6.07 Å². The Balaban J connectivity index is 3.04. The molecule has 0 nitrogen and oxygen atoms in total. The van der Waals surface area contributed by atoms with Crippen molar-refractivity contribution in [3.8, 4) is 0 Å². The Labute approximate surface area is 98.9 Å². The van der Waals surface area contributed by atoms with Crippen molar-refractivity contribution in [1.29, 1.82) is 0 Å². The second-order valence-electron chi connectivity index (χ2n) is 2.79. The first-order valence-corrected chi connectivity index (χ1v) is 5.54. The summed E-state index contributed by atoms with van der Waals surface area (Å²) in [6, 6.07) is 3.66. The van der Waals surface area contributed by atoms with Crippen LogP contribution in [-0.4, -0.2) is 5.33 Å². The van der Waals surface area contributed by atoms with Gasteiger partial charge in [0.15, 0.2) is 0 Å². The molecule has 0 radical (unpaired) electrons. The van der Waals surface area contributed by atoms with Gasteiger partial charge in [-0.3, -0.25) is 0 Å². The fourth-order valence-corrected chi connectivity index (χ4v) is 1.53. The van der Waals surface area contributed by atoms with Gasteiger partial charge in [-0.2, -0.15) is 13.2 Å². The Morgan fingerprint density at radius 3 is 2.47 bits per heavy atom. The van der Waals surface area contributed by atoms with E-state index in [2.05, 4.69) is 15.9 Å². The Kier molecular flexibility index (Phi) is 4.22. The van der Waals surface area contributed by atoms with Crippen LogP contribution >= 0.6 is 27.5 Å². The Morgan fingerprint density at radius 2 is 2.00 bits per heavy atom. The predicted molar refractivity (Wildman–Crippen MR) is 59.3 cm³/mol. The third kappa shape index (κ3) is 3.54. The van der Waals surface area contributed by atoms with Gasteiger partial charge in [0, 0.05) is 5.33 Å². The molecular formula is C10H7BrClF3. The smallest absolute Gasteiger partial charge is 0.166 e. The summed E-state index contributed by atoms with van der Waals surface area (Å²) in [5, 5.41) is 0.366. The lowest BCUT2D eigenvalue weighted by atomic mass is 10.1. The van der Waals surface area contributed by atoms with Crippen molar-refractivity contribution in [3.63, 3.8) is 0 Å². The van der Waals surface area contributed by atoms with Crippen LogP contribution in [0.1, 0.15) is 11.1 Å². The first-order chi connectivity index (χ1) is 6.95. The number of alkyl halides is 4. The molecule has 0 atom stereocenters. The van der Waals surface area contributed by atoms with Gasteiger partial charge in [-0.25, -0.2) is 0 Å². The molecule has 0 unspecified atom stereocenters. The summed E-state index contributed by atoms with van der Waals surface area (Å²) < 4.78 is 37.0. The summed E-state index contributed by atoms with van der Waals surface area (Å²) in [5.74, 6) is 0. The highest BCUT2D eigenvalue weighted by Gasteiger charge is 2.32. The van der Waals surface area contributed by atoms with Crippen LogP contribution in [0.4, 0.5) is 13.2 Å². The molecule has 0 amide bonds. The first-order valence-electron chi connectivity index (χ1n) is 4.04. The van der Waals surface area contributed by atoms with E-state index in [9.17, 15) is 13.2 Å². The van der Waals surface area contributed by atoms with Gasteiger partial charge >= 0.3 is 6.18 Å². The minimum Gasteiger partial charge on any atom is -0.166 e. The largest absolute Gasteiger partial charge is 0.417 e. The Bertz CT molecular complexity index is 371. The molecule has 0 saturated carbocycles. The average molecular weight is 300 g/mol. The standard InChI is InChI=1S/C10H7BrClF3/c11-5-1-2-7-3-4-8(9(12)6-7)10(13,14)15/h1-4,6H,5H2. The minimum absolute atomic E-state index is 0.278. The van der Waals surface area contributed by atoms with Crippen molar-refractivity contribution in [2.24, 2.45) is 0 Å². The minimum atomic E-state index is -4.39. The summed E-state index contributed by atoms with van der Waals surface area (Å²) >= 11 is 8.70. The van der Waals surface area contributed by atoms with E-state index in [1.807, 2.05) is 0 Å². The van der Waals surface area contributed by atoms with Crippen LogP contribution < -0.4 is 0 Å². The van der Waals surface area contributed by atoms with Crippen LogP contribution in [-0.2, 0) is 6.18 Å². The Hall–Kier alpha value is -0.480. The summed E-state index contributed by atoms with van der Waals surface area (Å²) in [6.07, 6.45) is -0.922. The molecule has 0 N–H and O–H groups in total. The molecule has 0 aliphatic carbocycles. The van der Waals surface area contributed by atoms with Crippen LogP contribution in [0.3, 0.4) is 0 Å². The fourth-order valence-electron chi connectivity index (χ4n) is 1.05. The maximum atomic E-state index is 12.3. The lowest BCUT2D eigenvalue weighted by molar-refractivity contribution is -0.137. The number of allylic oxidation sites excluding steroid dienone is 1. The SMILES string of the molecule is FC(F)(F)c1ccc(C=CCBr)cc1Cl. The van der Waals surface area contributed by atoms with Gasteiger partial charge in [0.05, 0.1) is 10.6 Å². The number of benzene rings is 1. The number of rotatable bonds is 2. The van der Waals surface area contributed by atoms with Crippen LogP contribution in [0.15, 0.2) is 24.3 Å². The van der Waals surface area contributed by atoms with Gasteiger partial charge in [-0.15, -0.1) is 0 Å². The fraction of sp³-hybridized carbons (Fsp3) is 0.200. The van der Waals surface area contributed by atoms with Crippen molar-refractivity contribution in [2.45, 2.75) is 6.18 Å². The number of hydrogen-bond acceptors (Lipinski definition) is 0. The maximum Gasteiger partial charge on any atom is 0.417 e. The third-order valence-electron chi connectivity index (χ3n) is 1.70. The van der Waals surface area contributed by atoms with Crippen LogP contribution in [0.5, 0.6) is 0 Å². The summed E-state index contributed by atoms with van der Waals surface area (Å²) in [5.41, 5.74) is -0.160. The van der Waals surface area contributed by atoms with Crippen molar-refractivity contribution >= 4 is 33.6 Å². The molecule has 15 heavy (non-hydrogen) atoms. The summed E-state index contributed by atoms with van der Waals surface area (Å²) in [7, 11) is 0. The van der Waals surface area contributed by atoms with Crippen LogP contribution in [0.25, 0.3) is 6.08 Å². The molecule has 0 heterocycles. The van der Waals surface area contributed by atoms with Crippen molar-refractivity contribution < 1.29 is 13.2 Å². The normalized spacial score (nSPS) is 12.3. The molecule has 0 spiro atoms. The molecule has 0 bridgehead atoms. The van der Waals surface area contributed by atoms with Crippen molar-refractivity contribution in [1.82, 2.24) is 0 Å². The molecular weight excluding hydrogens is 292 g/mol. The molecule has 0 aliphatic rings. The zero-order valence-electron chi connectivity index (χ0n) is 7.48. The van der Waals surface area contributed by atoms with E-state index in [0.29, 0.717) is 10.9 Å². The van der Waals surface area contributed by atoms with E-state index in [1.165, 1.54) is 12.1 Å². The molecule has 1 aromatic carbocycles. The highest BCUT2D eigenvalue weighted by atomic mass is 79.9. The Morgan fingerprint density at radius 1 is 1.33 bits per heavy atom. The molecule has 0 aromatic heterocycles. The summed E-state index contributed by atoms with van der Waals surface area (Å²) in [6.45, 7) is 0. The van der Waals surface area contributed by atoms with Gasteiger partial charge in [0.25, 0.3) is 0 Å². The van der Waals surface area contributed by atoms with E-state index in [-0.39, 0.29) is 5.02 Å². The lowest BCUT2D eigenvalue weighted by Crippen LogP contribution is -2.05. The number of hydrogen-bond donors (Lipinski definition) is 0. The van der Waals surface area contributed by atoms with Gasteiger partial charge in [-0.05, 0) is 17.7 Å². The zero-order chi connectivity index (χ0) is 11.5. The monoisotopic (exact) mass is 298 g/mol. The zero-order valence-corrected chi connectivity index (χ0v) is 9.83. The number of halogens is 5. The highest BCUT2D eigenvalue weighted by molar-refractivity contribution is 9.09. The average Bonchev–Trinajstić information content (AvgIpc) is 2.12. The molecule has 0 aliphatic heterocycles. The highest BCUT2D eigenvalue weighted by Crippen LogP contribution is 2.35. The van der Waals surface area contributed by atoms with Gasteiger partial charge in [-0.1, -0.05) is 45.7 Å². The van der Waals surface area contributed by atoms with Crippen molar-refractivity contribution in [3.05, 3.63) is 40.4 Å². The quantitative estimate of drug-likeness (QED) is 0.690. The van der Waals surface area contributed by atoms with E-state index >= 15 is 0 Å². The van der Waals surface area contributed by atoms with E-state index in [4.69, 9.17) is 11.6 Å². The van der Waals surface area contributed by atoms with E-state index in [1.54, 1.807) is 12.2 Å². The first kappa shape index (κ1) is 12.6. The topological polar surface area (TPSA) is 0 Å². The van der Waals surface area contributed by atoms with Gasteiger partial charge < -0.3 is 0 Å². The van der Waals surface area contributed by atoms with Gasteiger partial charge in [0.1, 0.15) is 0 Å². The summed E-state index contributed by atoms with van der Waals surface area (Å²) in [4.78, 5) is 0. The third-order valence-corrected chi connectivity index (χ3v) is 2.38. The van der Waals surface area contributed by atoms with Crippen LogP contribution in [0, 0.1) is 0 Å². The maximum absolute atomic E-state index is 12.3. The molecule has 0 saturated heterocycles. The molecule has 82 valence electrons. The van der Waals surface area contributed by atoms with Crippen molar-refractivity contribution in [2.75, 3.05) is 5.33 Å². The molecule has 5 heteroatoms. The van der Waals surface area contributed by atoms with E-state index < -0.39 is 11.7 Å². The second kappa shape index (κ2) is 5.03. The lowest BCUT2D eigenvalue weighted by Gasteiger charge is -2.08.